The molecule has 2 unspecified atom stereocenters. The molecule has 36 heavy (non-hydrogen) atoms. The summed E-state index contributed by atoms with van der Waals surface area (Å²) < 4.78 is 13.4. The van der Waals surface area contributed by atoms with Gasteiger partial charge in [-0.3, -0.25) is 4.79 Å². The minimum Gasteiger partial charge on any atom is -0.481 e. The van der Waals surface area contributed by atoms with Crippen molar-refractivity contribution in [2.45, 2.75) is 97.4 Å². The third-order valence-corrected chi connectivity index (χ3v) is 7.54. The van der Waals surface area contributed by atoms with E-state index in [-0.39, 0.29) is 29.6 Å². The van der Waals surface area contributed by atoms with Crippen LogP contribution in [0, 0.1) is 11.3 Å². The molecule has 9 heteroatoms. The van der Waals surface area contributed by atoms with Gasteiger partial charge in [-0.1, -0.05) is 13.8 Å². The number of hydrogen-bond donors (Lipinski definition) is 1. The molecule has 1 amide bonds. The molecule has 0 bridgehead atoms. The molecule has 1 aromatic heterocycles. The van der Waals surface area contributed by atoms with Crippen LogP contribution in [0.4, 0.5) is 4.79 Å². The highest BCUT2D eigenvalue weighted by Gasteiger charge is 2.42. The van der Waals surface area contributed by atoms with Crippen LogP contribution in [0.1, 0.15) is 96.5 Å². The fraction of sp³-hybridized carbons (Fsp3) is 0.815. The van der Waals surface area contributed by atoms with Crippen LogP contribution in [-0.4, -0.2) is 76.1 Å². The Morgan fingerprint density at radius 3 is 2.56 bits per heavy atom. The first-order valence-corrected chi connectivity index (χ1v) is 13.3. The Kier molecular flexibility index (Phi) is 9.09. The lowest BCUT2D eigenvalue weighted by Gasteiger charge is -2.39. The molecule has 3 atom stereocenters. The number of carbonyl (C=O) groups is 2. The number of nitrogens with zero attached hydrogens (tertiary/aromatic N) is 4. The molecule has 3 rings (SSSR count). The zero-order valence-corrected chi connectivity index (χ0v) is 23.2. The quantitative estimate of drug-likeness (QED) is 0.537. The molecule has 0 radical (unpaired) electrons. The first-order valence-electron chi connectivity index (χ1n) is 13.3. The number of ether oxygens (including phenoxy) is 2. The van der Waals surface area contributed by atoms with E-state index in [1.54, 1.807) is 11.9 Å². The number of aliphatic carboxylic acids is 1. The Bertz CT molecular complexity index is 900. The minimum absolute atomic E-state index is 0.0647. The summed E-state index contributed by atoms with van der Waals surface area (Å²) in [6, 6.07) is 0. The predicted octanol–water partition coefficient (Wildman–Crippen LogP) is 4.88. The summed E-state index contributed by atoms with van der Waals surface area (Å²) in [4.78, 5) is 28.1. The van der Waals surface area contributed by atoms with Crippen molar-refractivity contribution in [1.29, 1.82) is 0 Å². The van der Waals surface area contributed by atoms with Gasteiger partial charge in [0, 0.05) is 51.0 Å². The summed E-state index contributed by atoms with van der Waals surface area (Å²) in [7, 11) is 3.78. The number of carbonyl (C=O) groups excluding carboxylic acids is 1. The van der Waals surface area contributed by atoms with Crippen molar-refractivity contribution in [3.63, 3.8) is 0 Å². The van der Waals surface area contributed by atoms with Crippen molar-refractivity contribution in [2.75, 3.05) is 33.8 Å². The highest BCUT2D eigenvalue weighted by Crippen LogP contribution is 2.47. The van der Waals surface area contributed by atoms with Gasteiger partial charge in [-0.15, -0.1) is 0 Å². The van der Waals surface area contributed by atoms with E-state index in [1.807, 2.05) is 32.5 Å². The van der Waals surface area contributed by atoms with Gasteiger partial charge < -0.3 is 24.4 Å². The molecule has 1 N–H and O–H groups in total. The Balaban J connectivity index is 1.74. The van der Waals surface area contributed by atoms with Crippen molar-refractivity contribution >= 4 is 12.1 Å². The summed E-state index contributed by atoms with van der Waals surface area (Å²) in [5, 5.41) is 14.9. The molecule has 2 heterocycles. The van der Waals surface area contributed by atoms with E-state index in [0.717, 1.165) is 50.0 Å². The van der Waals surface area contributed by atoms with E-state index in [4.69, 9.17) is 14.6 Å². The van der Waals surface area contributed by atoms with E-state index in [9.17, 15) is 14.7 Å². The third kappa shape index (κ3) is 7.44. The van der Waals surface area contributed by atoms with Crippen LogP contribution in [0.25, 0.3) is 0 Å². The van der Waals surface area contributed by atoms with E-state index in [0.29, 0.717) is 26.1 Å². The maximum Gasteiger partial charge on any atom is 0.410 e. The van der Waals surface area contributed by atoms with Crippen LogP contribution >= 0.6 is 0 Å². The fourth-order valence-corrected chi connectivity index (χ4v) is 5.24. The number of hydrogen-bond acceptors (Lipinski definition) is 6. The molecule has 2 aliphatic rings. The highest BCUT2D eigenvalue weighted by atomic mass is 16.6. The zero-order chi connectivity index (χ0) is 26.7. The lowest BCUT2D eigenvalue weighted by atomic mass is 9.64. The van der Waals surface area contributed by atoms with Crippen LogP contribution in [0.2, 0.25) is 0 Å². The molecular formula is C27H46N4O5. The van der Waals surface area contributed by atoms with Crippen LogP contribution in [0.3, 0.4) is 0 Å². The van der Waals surface area contributed by atoms with Gasteiger partial charge in [-0.05, 0) is 71.8 Å². The average Bonchev–Trinajstić information content (AvgIpc) is 3.20. The molecule has 0 spiro atoms. The summed E-state index contributed by atoms with van der Waals surface area (Å²) in [6.45, 7) is 12.3. The number of carboxylic acid groups (broad SMARTS) is 1. The zero-order valence-electron chi connectivity index (χ0n) is 23.2. The molecule has 1 aliphatic heterocycles. The molecule has 204 valence electrons. The number of rotatable bonds is 8. The topological polar surface area (TPSA) is 97.1 Å². The van der Waals surface area contributed by atoms with Gasteiger partial charge in [0.05, 0.1) is 11.6 Å². The van der Waals surface area contributed by atoms with Gasteiger partial charge in [-0.25, -0.2) is 9.48 Å². The molecule has 1 saturated carbocycles. The molecule has 1 aliphatic carbocycles. The number of aromatic nitrogens is 2. The van der Waals surface area contributed by atoms with E-state index < -0.39 is 11.6 Å². The van der Waals surface area contributed by atoms with E-state index in [2.05, 4.69) is 24.9 Å². The van der Waals surface area contributed by atoms with Crippen LogP contribution in [-0.2, 0) is 20.8 Å². The molecule has 1 saturated heterocycles. The summed E-state index contributed by atoms with van der Waals surface area (Å²) in [6.07, 6.45) is 7.21. The van der Waals surface area contributed by atoms with Crippen LogP contribution in [0.5, 0.6) is 0 Å². The van der Waals surface area contributed by atoms with Crippen molar-refractivity contribution in [3.05, 3.63) is 17.5 Å². The smallest absolute Gasteiger partial charge is 0.410 e. The maximum absolute atomic E-state index is 12.3. The van der Waals surface area contributed by atoms with Crippen molar-refractivity contribution in [2.24, 2.45) is 11.3 Å². The number of likely N-dealkylation sites (N-methyl/N-ethyl adjacent to an activating group) is 2. The van der Waals surface area contributed by atoms with Gasteiger partial charge in [0.25, 0.3) is 0 Å². The van der Waals surface area contributed by atoms with E-state index in [1.165, 1.54) is 0 Å². The Morgan fingerprint density at radius 1 is 1.22 bits per heavy atom. The van der Waals surface area contributed by atoms with Crippen molar-refractivity contribution in [1.82, 2.24) is 19.6 Å². The van der Waals surface area contributed by atoms with E-state index >= 15 is 0 Å². The second-order valence-corrected chi connectivity index (χ2v) is 12.3. The Labute approximate surface area is 216 Å². The monoisotopic (exact) mass is 506 g/mol. The molecular weight excluding hydrogens is 460 g/mol. The SMILES string of the molecule is CN(CCN(C)C(=O)OC(C)(C)C)Cc1cn(C2CCCCO2)nc1C1CCC(C)(C)[C@@H](C(=O)O)C1. The molecule has 9 nitrogen and oxygen atoms in total. The lowest BCUT2D eigenvalue weighted by molar-refractivity contribution is -0.148. The lowest BCUT2D eigenvalue weighted by Crippen LogP contribution is -2.38. The van der Waals surface area contributed by atoms with Gasteiger partial charge in [-0.2, -0.15) is 5.10 Å². The normalized spacial score (nSPS) is 24.5. The molecule has 0 aromatic carbocycles. The summed E-state index contributed by atoms with van der Waals surface area (Å²) in [5.41, 5.74) is 1.36. The number of amides is 1. The molecule has 1 aromatic rings. The minimum atomic E-state index is -0.719. The highest BCUT2D eigenvalue weighted by molar-refractivity contribution is 5.71. The standard InChI is InChI=1S/C27H46N4O5/c1-26(2,3)36-25(34)30(7)14-13-29(6)17-20-18-31(22-10-8-9-15-35-22)28-23(20)19-11-12-27(4,5)21(16-19)24(32)33/h18-19,21-22H,8-17H2,1-7H3,(H,32,33)/t19?,21-,22?/m1/s1. The van der Waals surface area contributed by atoms with Gasteiger partial charge in [0.1, 0.15) is 11.8 Å². The second kappa shape index (κ2) is 11.5. The van der Waals surface area contributed by atoms with Crippen molar-refractivity contribution in [3.8, 4) is 0 Å². The first-order chi connectivity index (χ1) is 16.8. The first kappa shape index (κ1) is 28.4. The third-order valence-electron chi connectivity index (χ3n) is 7.54. The maximum atomic E-state index is 12.3. The van der Waals surface area contributed by atoms with Crippen LogP contribution in [0.15, 0.2) is 6.20 Å². The number of carboxylic acids is 1. The van der Waals surface area contributed by atoms with Gasteiger partial charge >= 0.3 is 12.1 Å². The van der Waals surface area contributed by atoms with Gasteiger partial charge in [0.15, 0.2) is 0 Å². The summed E-state index contributed by atoms with van der Waals surface area (Å²) >= 11 is 0. The van der Waals surface area contributed by atoms with Crippen molar-refractivity contribution < 1.29 is 24.2 Å². The summed E-state index contributed by atoms with van der Waals surface area (Å²) in [5.74, 6) is -0.999. The largest absolute Gasteiger partial charge is 0.481 e. The van der Waals surface area contributed by atoms with Gasteiger partial charge in [0.2, 0.25) is 0 Å². The fourth-order valence-electron chi connectivity index (χ4n) is 5.24. The average molecular weight is 507 g/mol. The predicted molar refractivity (Wildman–Crippen MR) is 138 cm³/mol. The Hall–Kier alpha value is -2.13. The van der Waals surface area contributed by atoms with Crippen LogP contribution < -0.4 is 0 Å². The second-order valence-electron chi connectivity index (χ2n) is 12.3. The Morgan fingerprint density at radius 2 is 1.94 bits per heavy atom. The molecule has 2 fully saturated rings.